The number of hydrogen-bond acceptors (Lipinski definition) is 6. The summed E-state index contributed by atoms with van der Waals surface area (Å²) >= 11 is 5.02. The van der Waals surface area contributed by atoms with Crippen LogP contribution in [-0.4, -0.2) is 31.5 Å². The summed E-state index contributed by atoms with van der Waals surface area (Å²) in [5, 5.41) is 19.8. The largest absolute Gasteiger partial charge is 0.322 e. The van der Waals surface area contributed by atoms with Crippen LogP contribution in [0.4, 0.5) is 5.69 Å². The Morgan fingerprint density at radius 3 is 2.88 bits per heavy atom. The highest BCUT2D eigenvalue weighted by Crippen LogP contribution is 2.36. The second kappa shape index (κ2) is 9.02. The van der Waals surface area contributed by atoms with Crippen LogP contribution in [0.3, 0.4) is 0 Å². The lowest BCUT2D eigenvalue weighted by atomic mass is 9.83. The second-order valence-electron chi connectivity index (χ2n) is 7.45. The maximum atomic E-state index is 12.8. The fourth-order valence-corrected chi connectivity index (χ4v) is 4.61. The summed E-state index contributed by atoms with van der Waals surface area (Å²) in [6, 6.07) is 12.8. The monoisotopic (exact) mass is 504 g/mol. The number of amides is 1. The number of carbonyl (C=O) groups excluding carboxylic acids is 1. The minimum absolute atomic E-state index is 0.244. The Hall–Kier alpha value is -3.35. The lowest BCUT2D eigenvalue weighted by Crippen LogP contribution is -2.12. The van der Waals surface area contributed by atoms with Crippen LogP contribution in [-0.2, 0) is 0 Å². The van der Waals surface area contributed by atoms with E-state index in [2.05, 4.69) is 64.1 Å². The topological polar surface area (TPSA) is 96.5 Å². The molecule has 1 aliphatic carbocycles. The average molecular weight is 505 g/mol. The van der Waals surface area contributed by atoms with Crippen molar-refractivity contribution in [1.82, 2.24) is 25.6 Å². The van der Waals surface area contributed by atoms with Gasteiger partial charge in [0.25, 0.3) is 5.91 Å². The van der Waals surface area contributed by atoms with Crippen molar-refractivity contribution >= 4 is 38.9 Å². The summed E-state index contributed by atoms with van der Waals surface area (Å²) in [6.07, 6.45) is 3.75. The molecule has 2 aromatic heterocycles. The fraction of sp³-hybridized carbons (Fsp3) is 0.174. The normalized spacial score (nSPS) is 13.2. The van der Waals surface area contributed by atoms with E-state index in [1.807, 2.05) is 30.3 Å². The summed E-state index contributed by atoms with van der Waals surface area (Å²) in [6.45, 7) is 0. The Balaban J connectivity index is 1.31. The lowest BCUT2D eigenvalue weighted by Gasteiger charge is -2.22. The number of tetrazole rings is 1. The van der Waals surface area contributed by atoms with Gasteiger partial charge >= 0.3 is 0 Å². The highest BCUT2D eigenvalue weighted by Gasteiger charge is 2.21. The molecule has 1 fully saturated rings. The molecule has 7 nitrogen and oxygen atoms in total. The SMILES string of the molecule is O=C(Nc1cccc(C#Cc2nc(C3CCC3)cs2)c1)c1cc(Br)cc(-c2nn[nH]n2)c1. The molecule has 5 rings (SSSR count). The molecule has 1 aliphatic rings. The molecule has 0 atom stereocenters. The predicted molar refractivity (Wildman–Crippen MR) is 126 cm³/mol. The zero-order valence-electron chi connectivity index (χ0n) is 16.8. The van der Waals surface area contributed by atoms with E-state index in [9.17, 15) is 4.79 Å². The number of hydrogen-bond donors (Lipinski definition) is 2. The molecule has 1 saturated carbocycles. The third-order valence-electron chi connectivity index (χ3n) is 5.24. The summed E-state index contributed by atoms with van der Waals surface area (Å²) < 4.78 is 0.745. The van der Waals surface area contributed by atoms with Crippen LogP contribution in [0.15, 0.2) is 52.3 Å². The number of carbonyl (C=O) groups is 1. The first-order valence-corrected chi connectivity index (χ1v) is 11.7. The first-order valence-electron chi connectivity index (χ1n) is 10.1. The molecule has 32 heavy (non-hydrogen) atoms. The number of thiazole rings is 1. The fourth-order valence-electron chi connectivity index (χ4n) is 3.37. The number of rotatable bonds is 4. The smallest absolute Gasteiger partial charge is 0.255 e. The number of aromatic nitrogens is 5. The third-order valence-corrected chi connectivity index (χ3v) is 6.48. The molecule has 9 heteroatoms. The zero-order valence-corrected chi connectivity index (χ0v) is 19.2. The van der Waals surface area contributed by atoms with E-state index in [0.29, 0.717) is 28.6 Å². The van der Waals surface area contributed by atoms with Crippen molar-refractivity contribution < 1.29 is 4.79 Å². The maximum absolute atomic E-state index is 12.8. The van der Waals surface area contributed by atoms with E-state index in [1.54, 1.807) is 23.5 Å². The summed E-state index contributed by atoms with van der Waals surface area (Å²) in [7, 11) is 0. The molecule has 0 radical (unpaired) electrons. The minimum atomic E-state index is -0.244. The van der Waals surface area contributed by atoms with E-state index in [4.69, 9.17) is 0 Å². The van der Waals surface area contributed by atoms with Gasteiger partial charge in [-0.2, -0.15) is 5.21 Å². The maximum Gasteiger partial charge on any atom is 0.255 e. The van der Waals surface area contributed by atoms with E-state index in [0.717, 1.165) is 15.0 Å². The van der Waals surface area contributed by atoms with Gasteiger partial charge in [-0.15, -0.1) is 21.5 Å². The number of aromatic amines is 1. The minimum Gasteiger partial charge on any atom is -0.322 e. The Bertz CT molecular complexity index is 1330. The summed E-state index contributed by atoms with van der Waals surface area (Å²) in [4.78, 5) is 17.5. The van der Waals surface area contributed by atoms with Crippen LogP contribution in [0, 0.1) is 11.8 Å². The molecular weight excluding hydrogens is 488 g/mol. The highest BCUT2D eigenvalue weighted by molar-refractivity contribution is 9.10. The van der Waals surface area contributed by atoms with Crippen LogP contribution in [0.2, 0.25) is 0 Å². The molecule has 4 aromatic rings. The zero-order chi connectivity index (χ0) is 21.9. The number of benzene rings is 2. The van der Waals surface area contributed by atoms with Crippen LogP contribution in [0.5, 0.6) is 0 Å². The van der Waals surface area contributed by atoms with Crippen molar-refractivity contribution in [3.8, 4) is 23.2 Å². The van der Waals surface area contributed by atoms with Gasteiger partial charge in [-0.05, 0) is 60.4 Å². The van der Waals surface area contributed by atoms with Crippen molar-refractivity contribution in [1.29, 1.82) is 0 Å². The molecule has 2 heterocycles. The molecule has 0 bridgehead atoms. The van der Waals surface area contributed by atoms with Gasteiger partial charge in [0, 0.05) is 38.1 Å². The average Bonchev–Trinajstić information content (AvgIpc) is 3.43. The molecule has 2 N–H and O–H groups in total. The number of H-pyrrole nitrogens is 1. The predicted octanol–water partition coefficient (Wildman–Crippen LogP) is 5.01. The molecule has 0 aliphatic heterocycles. The third kappa shape index (κ3) is 4.61. The second-order valence-corrected chi connectivity index (χ2v) is 9.23. The van der Waals surface area contributed by atoms with Crippen molar-refractivity contribution in [2.75, 3.05) is 5.32 Å². The molecule has 2 aromatic carbocycles. The van der Waals surface area contributed by atoms with Crippen LogP contribution in [0.1, 0.15) is 51.8 Å². The van der Waals surface area contributed by atoms with Gasteiger partial charge in [0.1, 0.15) is 0 Å². The number of nitrogens with zero attached hydrogens (tertiary/aromatic N) is 4. The molecule has 1 amide bonds. The molecular formula is C23H17BrN6OS. The van der Waals surface area contributed by atoms with Gasteiger partial charge in [0.15, 0.2) is 5.01 Å². The van der Waals surface area contributed by atoms with Crippen LogP contribution in [0.25, 0.3) is 11.4 Å². The van der Waals surface area contributed by atoms with Crippen LogP contribution >= 0.6 is 27.3 Å². The Morgan fingerprint density at radius 2 is 2.09 bits per heavy atom. The van der Waals surface area contributed by atoms with E-state index >= 15 is 0 Å². The standard InChI is InChI=1S/C23H17BrN6OS/c24-18-11-16(22-27-29-30-28-22)10-17(12-18)23(31)25-19-6-1-3-14(9-19)7-8-21-26-20(13-32-21)15-4-2-5-15/h1,3,6,9-13,15H,2,4-5H2,(H,25,31)(H,27,28,29,30). The first-order chi connectivity index (χ1) is 15.6. The number of anilines is 1. The van der Waals surface area contributed by atoms with Crippen molar-refractivity contribution in [3.05, 3.63) is 74.1 Å². The number of nitrogens with one attached hydrogen (secondary N) is 2. The van der Waals surface area contributed by atoms with Crippen molar-refractivity contribution in [2.45, 2.75) is 25.2 Å². The summed E-state index contributed by atoms with van der Waals surface area (Å²) in [5.74, 6) is 7.08. The van der Waals surface area contributed by atoms with Gasteiger partial charge in [-0.3, -0.25) is 4.79 Å². The van der Waals surface area contributed by atoms with Gasteiger partial charge in [0.2, 0.25) is 5.82 Å². The van der Waals surface area contributed by atoms with E-state index in [1.165, 1.54) is 25.0 Å². The lowest BCUT2D eigenvalue weighted by molar-refractivity contribution is 0.102. The van der Waals surface area contributed by atoms with E-state index < -0.39 is 0 Å². The molecule has 158 valence electrons. The molecule has 0 saturated heterocycles. The Kier molecular flexibility index (Phi) is 5.79. The highest BCUT2D eigenvalue weighted by atomic mass is 79.9. The van der Waals surface area contributed by atoms with Crippen LogP contribution < -0.4 is 5.32 Å². The Morgan fingerprint density at radius 1 is 1.19 bits per heavy atom. The van der Waals surface area contributed by atoms with Gasteiger partial charge in [-0.25, -0.2) is 4.98 Å². The van der Waals surface area contributed by atoms with Crippen molar-refractivity contribution in [3.63, 3.8) is 0 Å². The quantitative estimate of drug-likeness (QED) is 0.381. The van der Waals surface area contributed by atoms with Gasteiger partial charge in [-0.1, -0.05) is 34.3 Å². The Labute approximate surface area is 196 Å². The van der Waals surface area contributed by atoms with E-state index in [-0.39, 0.29) is 5.91 Å². The van der Waals surface area contributed by atoms with Gasteiger partial charge in [0.05, 0.1) is 5.69 Å². The van der Waals surface area contributed by atoms with Crippen molar-refractivity contribution in [2.24, 2.45) is 0 Å². The molecule has 0 spiro atoms. The first kappa shape index (κ1) is 20.5. The van der Waals surface area contributed by atoms with Gasteiger partial charge < -0.3 is 5.32 Å². The summed E-state index contributed by atoms with van der Waals surface area (Å²) in [5.41, 5.74) is 3.80. The number of halogens is 1. The molecule has 0 unspecified atom stereocenters.